The zero-order chi connectivity index (χ0) is 12.5. The number of nitrogens with zero attached hydrogens (tertiary/aromatic N) is 2. The van der Waals surface area contributed by atoms with Gasteiger partial charge >= 0.3 is 0 Å². The lowest BCUT2D eigenvalue weighted by molar-refractivity contribution is 0.0446. The second kappa shape index (κ2) is 4.85. The zero-order valence-electron chi connectivity index (χ0n) is 10.3. The summed E-state index contributed by atoms with van der Waals surface area (Å²) in [6.45, 7) is 8.02. The molecule has 1 aromatic heterocycles. The molecule has 0 bridgehead atoms. The lowest BCUT2D eigenvalue weighted by Gasteiger charge is -2.25. The third kappa shape index (κ3) is 2.84. The van der Waals surface area contributed by atoms with Crippen LogP contribution in [0.1, 0.15) is 37.7 Å². The lowest BCUT2D eigenvalue weighted by Crippen LogP contribution is -2.36. The Bertz CT molecular complexity index is 374. The topological polar surface area (TPSA) is 64.1 Å². The molecule has 92 valence electrons. The van der Waals surface area contributed by atoms with Gasteiger partial charge in [0.1, 0.15) is 0 Å². The van der Waals surface area contributed by atoms with Crippen LogP contribution in [0.25, 0.3) is 0 Å². The molecule has 4 nitrogen and oxygen atoms in total. The Morgan fingerprint density at radius 2 is 2.12 bits per heavy atom. The Hall–Kier alpha value is -0.390. The number of nitrogens with two attached hydrogens (primary N) is 1. The number of rotatable bonds is 4. The maximum atomic E-state index is 9.94. The van der Waals surface area contributed by atoms with Crippen molar-refractivity contribution in [2.75, 3.05) is 6.54 Å². The van der Waals surface area contributed by atoms with E-state index in [9.17, 15) is 5.11 Å². The van der Waals surface area contributed by atoms with Gasteiger partial charge in [-0.3, -0.25) is 4.68 Å². The van der Waals surface area contributed by atoms with Gasteiger partial charge in [0.25, 0.3) is 0 Å². The summed E-state index contributed by atoms with van der Waals surface area (Å²) in [4.78, 5) is 0. The Morgan fingerprint density at radius 1 is 1.56 bits per heavy atom. The van der Waals surface area contributed by atoms with Crippen LogP contribution in [0.4, 0.5) is 0 Å². The van der Waals surface area contributed by atoms with Gasteiger partial charge in [0.05, 0.1) is 27.5 Å². The van der Waals surface area contributed by atoms with Crippen LogP contribution in [-0.2, 0) is 0 Å². The first kappa shape index (κ1) is 13.7. The maximum absolute atomic E-state index is 9.94. The van der Waals surface area contributed by atoms with E-state index in [0.29, 0.717) is 6.42 Å². The highest BCUT2D eigenvalue weighted by molar-refractivity contribution is 9.10. The van der Waals surface area contributed by atoms with E-state index >= 15 is 0 Å². The van der Waals surface area contributed by atoms with E-state index in [1.54, 1.807) is 6.92 Å². The van der Waals surface area contributed by atoms with Crippen LogP contribution in [-0.4, -0.2) is 27.0 Å². The van der Waals surface area contributed by atoms with Crippen molar-refractivity contribution in [1.29, 1.82) is 0 Å². The molecule has 0 saturated heterocycles. The molecule has 0 fully saturated rings. The third-order valence-electron chi connectivity index (χ3n) is 2.83. The predicted molar refractivity (Wildman–Crippen MR) is 68.4 cm³/mol. The number of aliphatic hydroxyl groups is 1. The summed E-state index contributed by atoms with van der Waals surface area (Å²) in [5.41, 5.74) is 6.73. The minimum Gasteiger partial charge on any atom is -0.389 e. The first-order valence-electron chi connectivity index (χ1n) is 5.42. The van der Waals surface area contributed by atoms with Crippen LogP contribution in [0.15, 0.2) is 4.47 Å². The average molecular weight is 290 g/mol. The fourth-order valence-corrected chi connectivity index (χ4v) is 2.14. The van der Waals surface area contributed by atoms with E-state index in [1.165, 1.54) is 0 Å². The molecule has 0 aliphatic heterocycles. The molecular formula is C11H20BrN3O. The summed E-state index contributed by atoms with van der Waals surface area (Å²) in [7, 11) is 0. The van der Waals surface area contributed by atoms with Gasteiger partial charge in [-0.25, -0.2) is 0 Å². The lowest BCUT2D eigenvalue weighted by atomic mass is 9.98. The van der Waals surface area contributed by atoms with Gasteiger partial charge in [0.15, 0.2) is 0 Å². The second-order valence-corrected chi connectivity index (χ2v) is 5.48. The Morgan fingerprint density at radius 3 is 2.50 bits per heavy atom. The van der Waals surface area contributed by atoms with Crippen molar-refractivity contribution in [3.05, 3.63) is 15.9 Å². The average Bonchev–Trinajstić information content (AvgIpc) is 2.45. The van der Waals surface area contributed by atoms with Crippen molar-refractivity contribution in [1.82, 2.24) is 9.78 Å². The van der Waals surface area contributed by atoms with Crippen molar-refractivity contribution < 1.29 is 5.11 Å². The van der Waals surface area contributed by atoms with Gasteiger partial charge in [-0.1, -0.05) is 0 Å². The molecule has 2 unspecified atom stereocenters. The summed E-state index contributed by atoms with van der Waals surface area (Å²) in [6.07, 6.45) is 0.595. The molecule has 1 rings (SSSR count). The van der Waals surface area contributed by atoms with Crippen molar-refractivity contribution in [2.45, 2.75) is 45.8 Å². The Balaban J connectivity index is 2.89. The molecule has 3 N–H and O–H groups in total. The van der Waals surface area contributed by atoms with Gasteiger partial charge in [0, 0.05) is 6.54 Å². The Kier molecular flexibility index (Phi) is 4.15. The number of aryl methyl sites for hydroxylation is 1. The van der Waals surface area contributed by atoms with Gasteiger partial charge in [0.2, 0.25) is 0 Å². The zero-order valence-corrected chi connectivity index (χ0v) is 11.9. The van der Waals surface area contributed by atoms with E-state index in [1.807, 2.05) is 25.5 Å². The number of hydrogen-bond donors (Lipinski definition) is 2. The predicted octanol–water partition coefficient (Wildman–Crippen LogP) is 1.92. The maximum Gasteiger partial charge on any atom is 0.0761 e. The quantitative estimate of drug-likeness (QED) is 0.890. The summed E-state index contributed by atoms with van der Waals surface area (Å²) >= 11 is 3.49. The van der Waals surface area contributed by atoms with E-state index in [2.05, 4.69) is 21.0 Å². The van der Waals surface area contributed by atoms with Crippen LogP contribution >= 0.6 is 15.9 Å². The van der Waals surface area contributed by atoms with E-state index in [0.717, 1.165) is 15.9 Å². The largest absolute Gasteiger partial charge is 0.389 e. The van der Waals surface area contributed by atoms with Crippen LogP contribution in [0.5, 0.6) is 0 Å². The molecule has 1 heterocycles. The van der Waals surface area contributed by atoms with E-state index in [-0.39, 0.29) is 12.6 Å². The molecule has 0 aromatic carbocycles. The van der Waals surface area contributed by atoms with Crippen molar-refractivity contribution in [3.63, 3.8) is 0 Å². The van der Waals surface area contributed by atoms with Gasteiger partial charge in [-0.05, 0) is 50.0 Å². The monoisotopic (exact) mass is 289 g/mol. The normalized spacial score (nSPS) is 17.2. The summed E-state index contributed by atoms with van der Waals surface area (Å²) < 4.78 is 2.97. The molecule has 0 aliphatic carbocycles. The van der Waals surface area contributed by atoms with Crippen LogP contribution in [0.2, 0.25) is 0 Å². The first-order valence-corrected chi connectivity index (χ1v) is 6.21. The fraction of sp³-hybridized carbons (Fsp3) is 0.727. The summed E-state index contributed by atoms with van der Waals surface area (Å²) in [6, 6.07) is 0.128. The van der Waals surface area contributed by atoms with Gasteiger partial charge in [-0.2, -0.15) is 5.10 Å². The first-order chi connectivity index (χ1) is 7.28. The second-order valence-electron chi connectivity index (χ2n) is 4.68. The van der Waals surface area contributed by atoms with Crippen molar-refractivity contribution in [3.8, 4) is 0 Å². The summed E-state index contributed by atoms with van der Waals surface area (Å²) in [5.74, 6) is 0. The fourth-order valence-electron chi connectivity index (χ4n) is 1.88. The molecule has 0 aliphatic rings. The molecule has 16 heavy (non-hydrogen) atoms. The minimum absolute atomic E-state index is 0.128. The van der Waals surface area contributed by atoms with Gasteiger partial charge < -0.3 is 10.8 Å². The van der Waals surface area contributed by atoms with Crippen LogP contribution in [0, 0.1) is 13.8 Å². The standard InChI is InChI=1S/C11H20BrN3O/c1-7(5-11(4,16)6-13)15-9(3)10(12)8(2)14-15/h7,16H,5-6,13H2,1-4H3. The molecule has 1 aromatic rings. The molecule has 0 amide bonds. The van der Waals surface area contributed by atoms with Crippen molar-refractivity contribution >= 4 is 15.9 Å². The van der Waals surface area contributed by atoms with E-state index < -0.39 is 5.60 Å². The molecular weight excluding hydrogens is 270 g/mol. The van der Waals surface area contributed by atoms with Crippen LogP contribution < -0.4 is 5.73 Å². The molecule has 5 heteroatoms. The molecule has 0 spiro atoms. The smallest absolute Gasteiger partial charge is 0.0761 e. The third-order valence-corrected chi connectivity index (χ3v) is 3.98. The van der Waals surface area contributed by atoms with Crippen LogP contribution in [0.3, 0.4) is 0 Å². The SMILES string of the molecule is Cc1nn(C(C)CC(C)(O)CN)c(C)c1Br. The van der Waals surface area contributed by atoms with Gasteiger partial charge in [-0.15, -0.1) is 0 Å². The Labute approximate surface area is 105 Å². The van der Waals surface area contributed by atoms with Crippen molar-refractivity contribution in [2.24, 2.45) is 5.73 Å². The molecule has 2 atom stereocenters. The highest BCUT2D eigenvalue weighted by Crippen LogP contribution is 2.26. The number of halogens is 1. The molecule has 0 radical (unpaired) electrons. The highest BCUT2D eigenvalue weighted by atomic mass is 79.9. The minimum atomic E-state index is -0.835. The number of aromatic nitrogens is 2. The summed E-state index contributed by atoms with van der Waals surface area (Å²) in [5, 5.41) is 14.4. The highest BCUT2D eigenvalue weighted by Gasteiger charge is 2.24. The number of hydrogen-bond acceptors (Lipinski definition) is 3. The van der Waals surface area contributed by atoms with E-state index in [4.69, 9.17) is 5.73 Å². The molecule has 0 saturated carbocycles.